The first-order valence-corrected chi connectivity index (χ1v) is 8.18. The van der Waals surface area contributed by atoms with Crippen LogP contribution in [0.1, 0.15) is 24.8 Å². The molecule has 0 spiro atoms. The summed E-state index contributed by atoms with van der Waals surface area (Å²) in [6.07, 6.45) is 4.94. The van der Waals surface area contributed by atoms with Crippen LogP contribution >= 0.6 is 0 Å². The van der Waals surface area contributed by atoms with E-state index < -0.39 is 5.97 Å². The second-order valence-electron chi connectivity index (χ2n) is 5.87. The summed E-state index contributed by atoms with van der Waals surface area (Å²) in [4.78, 5) is 25.6. The van der Waals surface area contributed by atoms with Crippen LogP contribution in [0.4, 0.5) is 0 Å². The maximum atomic E-state index is 12.0. The van der Waals surface area contributed by atoms with Gasteiger partial charge in [-0.1, -0.05) is 36.4 Å². The van der Waals surface area contributed by atoms with Gasteiger partial charge in [-0.25, -0.2) is 0 Å². The number of carbonyl (C=O) groups is 2. The highest BCUT2D eigenvalue weighted by molar-refractivity contribution is 5.76. The summed E-state index contributed by atoms with van der Waals surface area (Å²) in [5.41, 5.74) is 1.20. The summed E-state index contributed by atoms with van der Waals surface area (Å²) >= 11 is 0. The van der Waals surface area contributed by atoms with Gasteiger partial charge in [0.1, 0.15) is 0 Å². The van der Waals surface area contributed by atoms with E-state index in [4.69, 9.17) is 0 Å². The van der Waals surface area contributed by atoms with Crippen LogP contribution in [0.2, 0.25) is 0 Å². The number of piperazine rings is 1. The number of hydrogen-bond acceptors (Lipinski definition) is 3. The molecule has 0 bridgehead atoms. The molecule has 1 aliphatic rings. The number of aliphatic carboxylic acids is 1. The van der Waals surface area contributed by atoms with Gasteiger partial charge in [0, 0.05) is 12.4 Å². The lowest BCUT2D eigenvalue weighted by Gasteiger charge is -2.31. The second kappa shape index (κ2) is 9.10. The molecular weight excluding hydrogens is 292 g/mol. The predicted molar refractivity (Wildman–Crippen MR) is 86.5 cm³/mol. The molecule has 1 saturated heterocycles. The standard InChI is InChI=1S/C18H24N2O3/c21-17(9-4-10-18(22)23)20-14-12-19(13-15-20)11-5-8-16-6-2-1-3-7-16/h1-3,5-8H,4,9-15H2,(H,22,23). The molecule has 5 heteroatoms. The number of carboxylic acid groups (broad SMARTS) is 1. The molecule has 1 fully saturated rings. The van der Waals surface area contributed by atoms with E-state index in [1.54, 1.807) is 0 Å². The Labute approximate surface area is 137 Å². The lowest BCUT2D eigenvalue weighted by molar-refractivity contribution is -0.898. The Kier molecular flexibility index (Phi) is 6.81. The highest BCUT2D eigenvalue weighted by Crippen LogP contribution is 2.02. The number of quaternary nitrogens is 1. The van der Waals surface area contributed by atoms with E-state index in [0.29, 0.717) is 12.8 Å². The quantitative estimate of drug-likeness (QED) is 0.727. The fourth-order valence-electron chi connectivity index (χ4n) is 2.74. The normalized spacial score (nSPS) is 15.9. The zero-order valence-electron chi connectivity index (χ0n) is 13.4. The summed E-state index contributed by atoms with van der Waals surface area (Å²) in [5.74, 6) is -1.03. The van der Waals surface area contributed by atoms with Crippen molar-refractivity contribution < 1.29 is 19.6 Å². The maximum Gasteiger partial charge on any atom is 0.222 e. The SMILES string of the molecule is O=C([O-])CCCC(=O)N1CC[NH+](CC=Cc2ccccc2)CC1. The lowest BCUT2D eigenvalue weighted by atomic mass is 10.2. The van der Waals surface area contributed by atoms with E-state index in [9.17, 15) is 14.7 Å². The molecule has 0 aliphatic carbocycles. The van der Waals surface area contributed by atoms with E-state index in [0.717, 1.165) is 32.7 Å². The Bertz CT molecular complexity index is 534. The third-order valence-corrected chi connectivity index (χ3v) is 4.11. The summed E-state index contributed by atoms with van der Waals surface area (Å²) in [5, 5.41) is 10.4. The second-order valence-corrected chi connectivity index (χ2v) is 5.87. The van der Waals surface area contributed by atoms with E-state index >= 15 is 0 Å². The fourth-order valence-corrected chi connectivity index (χ4v) is 2.74. The van der Waals surface area contributed by atoms with Crippen LogP contribution in [-0.4, -0.2) is 49.5 Å². The average Bonchev–Trinajstić information content (AvgIpc) is 2.56. The van der Waals surface area contributed by atoms with Gasteiger partial charge < -0.3 is 19.7 Å². The van der Waals surface area contributed by atoms with E-state index in [1.165, 1.54) is 10.5 Å². The largest absolute Gasteiger partial charge is 0.550 e. The summed E-state index contributed by atoms with van der Waals surface area (Å²) in [6, 6.07) is 10.2. The van der Waals surface area contributed by atoms with E-state index in [2.05, 4.69) is 24.3 Å². The van der Waals surface area contributed by atoms with Gasteiger partial charge in [-0.05, 0) is 24.5 Å². The van der Waals surface area contributed by atoms with Crippen LogP contribution < -0.4 is 10.0 Å². The van der Waals surface area contributed by atoms with Gasteiger partial charge in [-0.2, -0.15) is 0 Å². The van der Waals surface area contributed by atoms with Gasteiger partial charge in [-0.15, -0.1) is 0 Å². The molecule has 1 heterocycles. The molecule has 1 aromatic rings. The first-order valence-electron chi connectivity index (χ1n) is 8.18. The van der Waals surface area contributed by atoms with E-state index in [1.807, 2.05) is 23.1 Å². The average molecular weight is 316 g/mol. The van der Waals surface area contributed by atoms with Crippen LogP contribution in [0, 0.1) is 0 Å². The molecule has 0 saturated carbocycles. The van der Waals surface area contributed by atoms with Crippen molar-refractivity contribution >= 4 is 18.0 Å². The molecule has 124 valence electrons. The molecule has 1 amide bonds. The number of nitrogens with zero attached hydrogens (tertiary/aromatic N) is 1. The molecular formula is C18H24N2O3. The van der Waals surface area contributed by atoms with Crippen molar-refractivity contribution in [2.24, 2.45) is 0 Å². The molecule has 1 aliphatic heterocycles. The van der Waals surface area contributed by atoms with Crippen molar-refractivity contribution in [2.75, 3.05) is 32.7 Å². The van der Waals surface area contributed by atoms with Gasteiger partial charge in [0.2, 0.25) is 5.91 Å². The third-order valence-electron chi connectivity index (χ3n) is 4.11. The first-order chi connectivity index (χ1) is 11.1. The topological polar surface area (TPSA) is 64.9 Å². The van der Waals surface area contributed by atoms with Crippen molar-refractivity contribution in [1.29, 1.82) is 0 Å². The lowest BCUT2D eigenvalue weighted by Crippen LogP contribution is -3.14. The molecule has 0 aromatic heterocycles. The van der Waals surface area contributed by atoms with Crippen molar-refractivity contribution in [2.45, 2.75) is 19.3 Å². The molecule has 2 rings (SSSR count). The molecule has 23 heavy (non-hydrogen) atoms. The van der Waals surface area contributed by atoms with Crippen molar-refractivity contribution in [1.82, 2.24) is 4.90 Å². The molecule has 1 aromatic carbocycles. The minimum atomic E-state index is -1.09. The Morgan fingerprint density at radius 2 is 1.83 bits per heavy atom. The molecule has 5 nitrogen and oxygen atoms in total. The first kappa shape index (κ1) is 17.2. The number of amides is 1. The maximum absolute atomic E-state index is 12.0. The molecule has 0 radical (unpaired) electrons. The van der Waals surface area contributed by atoms with Crippen molar-refractivity contribution in [3.8, 4) is 0 Å². The zero-order chi connectivity index (χ0) is 16.5. The van der Waals surface area contributed by atoms with Gasteiger partial charge in [0.25, 0.3) is 0 Å². The Morgan fingerprint density at radius 3 is 2.48 bits per heavy atom. The van der Waals surface area contributed by atoms with Crippen LogP contribution in [0.15, 0.2) is 36.4 Å². The molecule has 1 N–H and O–H groups in total. The summed E-state index contributed by atoms with van der Waals surface area (Å²) < 4.78 is 0. The fraction of sp³-hybridized carbons (Fsp3) is 0.444. The van der Waals surface area contributed by atoms with Gasteiger partial charge in [0.05, 0.1) is 32.7 Å². The van der Waals surface area contributed by atoms with Gasteiger partial charge in [-0.3, -0.25) is 4.79 Å². The summed E-state index contributed by atoms with van der Waals surface area (Å²) in [7, 11) is 0. The Balaban J connectivity index is 1.66. The molecule has 0 atom stereocenters. The zero-order valence-corrected chi connectivity index (χ0v) is 13.4. The number of carboxylic acids is 1. The number of carbonyl (C=O) groups excluding carboxylic acids is 2. The predicted octanol–water partition coefficient (Wildman–Crippen LogP) is -0.653. The van der Waals surface area contributed by atoms with Crippen molar-refractivity contribution in [3.05, 3.63) is 42.0 Å². The van der Waals surface area contributed by atoms with Crippen LogP contribution in [0.25, 0.3) is 6.08 Å². The van der Waals surface area contributed by atoms with Crippen molar-refractivity contribution in [3.63, 3.8) is 0 Å². The number of rotatable bonds is 7. The highest BCUT2D eigenvalue weighted by Gasteiger charge is 2.22. The number of nitrogens with one attached hydrogen (secondary N) is 1. The smallest absolute Gasteiger partial charge is 0.222 e. The minimum absolute atomic E-state index is 0.0404. The third kappa shape index (κ3) is 6.24. The minimum Gasteiger partial charge on any atom is -0.550 e. The Hall–Kier alpha value is -2.14. The number of hydrogen-bond donors (Lipinski definition) is 1. The van der Waals surface area contributed by atoms with E-state index in [-0.39, 0.29) is 12.3 Å². The monoisotopic (exact) mass is 316 g/mol. The van der Waals surface area contributed by atoms with Gasteiger partial charge >= 0.3 is 0 Å². The summed E-state index contributed by atoms with van der Waals surface area (Å²) in [6.45, 7) is 4.33. The highest BCUT2D eigenvalue weighted by atomic mass is 16.4. The van der Waals surface area contributed by atoms with Gasteiger partial charge in [0.15, 0.2) is 0 Å². The molecule has 0 unspecified atom stereocenters. The van der Waals surface area contributed by atoms with Crippen LogP contribution in [0.5, 0.6) is 0 Å². The van der Waals surface area contributed by atoms with Crippen LogP contribution in [0.3, 0.4) is 0 Å². The number of benzene rings is 1. The Morgan fingerprint density at radius 1 is 1.13 bits per heavy atom. The van der Waals surface area contributed by atoms with Crippen LogP contribution in [-0.2, 0) is 9.59 Å².